The summed E-state index contributed by atoms with van der Waals surface area (Å²) < 4.78 is 0.858. The van der Waals surface area contributed by atoms with E-state index in [-0.39, 0.29) is 11.7 Å². The van der Waals surface area contributed by atoms with E-state index in [2.05, 4.69) is 21.2 Å². The Kier molecular flexibility index (Phi) is 4.31. The molecule has 0 radical (unpaired) electrons. The van der Waals surface area contributed by atoms with E-state index in [9.17, 15) is 9.59 Å². The molecule has 1 aromatic rings. The zero-order valence-electron chi connectivity index (χ0n) is 9.24. The van der Waals surface area contributed by atoms with Crippen molar-refractivity contribution in [2.24, 2.45) is 0 Å². The molecule has 92 valence electrons. The van der Waals surface area contributed by atoms with Crippen LogP contribution < -0.4 is 5.32 Å². The second kappa shape index (κ2) is 5.75. The Bertz CT molecular complexity index is 433. The van der Waals surface area contributed by atoms with Crippen molar-refractivity contribution in [1.29, 1.82) is 0 Å². The number of Topliss-reactive ketones (excluding diaryl/α,β-unsaturated/α-hetero) is 1. The molecule has 1 amide bonds. The van der Waals surface area contributed by atoms with Crippen LogP contribution in [0.1, 0.15) is 16.1 Å². The summed E-state index contributed by atoms with van der Waals surface area (Å²) in [5.41, 5.74) is 0. The third-order valence-electron chi connectivity index (χ3n) is 2.64. The minimum absolute atomic E-state index is 0.0669. The number of carbonyl (C=O) groups excluding carboxylic acids is 2. The minimum atomic E-state index is 0.0669. The first-order valence-electron chi connectivity index (χ1n) is 5.42. The van der Waals surface area contributed by atoms with E-state index in [1.165, 1.54) is 11.3 Å². The molecule has 0 aliphatic carbocycles. The van der Waals surface area contributed by atoms with Crippen molar-refractivity contribution in [2.75, 3.05) is 26.2 Å². The summed E-state index contributed by atoms with van der Waals surface area (Å²) in [5.74, 6) is 0.179. The Labute approximate surface area is 112 Å². The van der Waals surface area contributed by atoms with E-state index in [0.29, 0.717) is 26.1 Å². The van der Waals surface area contributed by atoms with Gasteiger partial charge in [0.2, 0.25) is 5.91 Å². The van der Waals surface area contributed by atoms with Gasteiger partial charge in [-0.25, -0.2) is 0 Å². The zero-order valence-corrected chi connectivity index (χ0v) is 11.6. The topological polar surface area (TPSA) is 49.4 Å². The van der Waals surface area contributed by atoms with Crippen molar-refractivity contribution in [2.45, 2.75) is 6.42 Å². The maximum absolute atomic E-state index is 12.0. The molecular weight excluding hydrogens is 304 g/mol. The van der Waals surface area contributed by atoms with Gasteiger partial charge in [0, 0.05) is 30.5 Å². The van der Waals surface area contributed by atoms with Crippen LogP contribution in [0.15, 0.2) is 15.9 Å². The Morgan fingerprint density at radius 3 is 3.06 bits per heavy atom. The summed E-state index contributed by atoms with van der Waals surface area (Å²) in [7, 11) is 0. The average molecular weight is 317 g/mol. The molecule has 2 heterocycles. The van der Waals surface area contributed by atoms with Gasteiger partial charge in [0.05, 0.1) is 11.4 Å². The van der Waals surface area contributed by atoms with Gasteiger partial charge >= 0.3 is 0 Å². The van der Waals surface area contributed by atoms with E-state index in [0.717, 1.165) is 15.9 Å². The molecule has 0 unspecified atom stereocenters. The maximum Gasteiger partial charge on any atom is 0.221 e. The van der Waals surface area contributed by atoms with E-state index in [1.807, 2.05) is 16.3 Å². The van der Waals surface area contributed by atoms with Crippen molar-refractivity contribution >= 4 is 39.0 Å². The standard InChI is InChI=1S/C11H13BrN2O2S/c12-8-2-6-17-11(8)9(15)7-14-4-1-10(16)13-3-5-14/h2,6H,1,3-5,7H2,(H,13,16). The van der Waals surface area contributed by atoms with Gasteiger partial charge in [-0.05, 0) is 27.4 Å². The SMILES string of the molecule is O=C1CCN(CC(=O)c2sccc2Br)CCN1. The number of ketones is 1. The van der Waals surface area contributed by atoms with Crippen molar-refractivity contribution < 1.29 is 9.59 Å². The molecule has 1 N–H and O–H groups in total. The van der Waals surface area contributed by atoms with Gasteiger partial charge in [0.25, 0.3) is 0 Å². The average Bonchev–Trinajstić information content (AvgIpc) is 2.61. The second-order valence-electron chi connectivity index (χ2n) is 3.90. The van der Waals surface area contributed by atoms with Crippen molar-refractivity contribution in [3.63, 3.8) is 0 Å². The van der Waals surface area contributed by atoms with Gasteiger partial charge in [-0.15, -0.1) is 11.3 Å². The van der Waals surface area contributed by atoms with Crippen LogP contribution in [0.4, 0.5) is 0 Å². The number of carbonyl (C=O) groups is 2. The second-order valence-corrected chi connectivity index (χ2v) is 5.67. The fourth-order valence-electron chi connectivity index (χ4n) is 1.74. The molecule has 1 aliphatic rings. The van der Waals surface area contributed by atoms with Gasteiger partial charge in [0.15, 0.2) is 5.78 Å². The Balaban J connectivity index is 1.94. The third-order valence-corrected chi connectivity index (χ3v) is 4.52. The van der Waals surface area contributed by atoms with Crippen LogP contribution in [-0.2, 0) is 4.79 Å². The van der Waals surface area contributed by atoms with E-state index in [4.69, 9.17) is 0 Å². The summed E-state index contributed by atoms with van der Waals surface area (Å²) in [5, 5.41) is 4.69. The molecule has 17 heavy (non-hydrogen) atoms. The van der Waals surface area contributed by atoms with Crippen LogP contribution in [0, 0.1) is 0 Å². The Morgan fingerprint density at radius 2 is 2.35 bits per heavy atom. The van der Waals surface area contributed by atoms with E-state index >= 15 is 0 Å². The molecule has 1 aromatic heterocycles. The molecule has 1 fully saturated rings. The summed E-state index contributed by atoms with van der Waals surface area (Å²) in [6, 6.07) is 1.88. The number of nitrogens with zero attached hydrogens (tertiary/aromatic N) is 1. The number of hydrogen-bond donors (Lipinski definition) is 1. The maximum atomic E-state index is 12.0. The smallest absolute Gasteiger partial charge is 0.221 e. The van der Waals surface area contributed by atoms with Crippen LogP contribution in [0.25, 0.3) is 0 Å². The fourth-order valence-corrected chi connectivity index (χ4v) is 3.26. The highest BCUT2D eigenvalue weighted by molar-refractivity contribution is 9.10. The molecule has 1 aliphatic heterocycles. The van der Waals surface area contributed by atoms with Gasteiger partial charge in [-0.3, -0.25) is 14.5 Å². The molecule has 0 atom stereocenters. The van der Waals surface area contributed by atoms with Crippen LogP contribution in [-0.4, -0.2) is 42.8 Å². The summed E-state index contributed by atoms with van der Waals surface area (Å²) in [6.07, 6.45) is 0.471. The van der Waals surface area contributed by atoms with E-state index < -0.39 is 0 Å². The first-order chi connectivity index (χ1) is 8.16. The molecule has 2 rings (SSSR count). The molecule has 1 saturated heterocycles. The molecule has 0 bridgehead atoms. The minimum Gasteiger partial charge on any atom is -0.355 e. The number of thiophene rings is 1. The fraction of sp³-hybridized carbons (Fsp3) is 0.455. The van der Waals surface area contributed by atoms with Gasteiger partial charge in [-0.2, -0.15) is 0 Å². The van der Waals surface area contributed by atoms with E-state index in [1.54, 1.807) is 0 Å². The lowest BCUT2D eigenvalue weighted by atomic mass is 10.3. The summed E-state index contributed by atoms with van der Waals surface area (Å²) in [4.78, 5) is 26.0. The molecule has 0 aromatic carbocycles. The Morgan fingerprint density at radius 1 is 1.53 bits per heavy atom. The van der Waals surface area contributed by atoms with Crippen LogP contribution >= 0.6 is 27.3 Å². The van der Waals surface area contributed by atoms with Crippen molar-refractivity contribution in [3.05, 3.63) is 20.8 Å². The van der Waals surface area contributed by atoms with Crippen molar-refractivity contribution in [3.8, 4) is 0 Å². The number of amides is 1. The lowest BCUT2D eigenvalue weighted by Gasteiger charge is -2.17. The lowest BCUT2D eigenvalue weighted by Crippen LogP contribution is -2.33. The highest BCUT2D eigenvalue weighted by atomic mass is 79.9. The van der Waals surface area contributed by atoms with Crippen molar-refractivity contribution in [1.82, 2.24) is 10.2 Å². The summed E-state index contributed by atoms with van der Waals surface area (Å²) >= 11 is 4.81. The normalized spacial score (nSPS) is 17.6. The largest absolute Gasteiger partial charge is 0.355 e. The number of rotatable bonds is 3. The lowest BCUT2D eigenvalue weighted by molar-refractivity contribution is -0.120. The van der Waals surface area contributed by atoms with Gasteiger partial charge in [0.1, 0.15) is 0 Å². The molecule has 4 nitrogen and oxygen atoms in total. The van der Waals surface area contributed by atoms with Crippen LogP contribution in [0.3, 0.4) is 0 Å². The Hall–Kier alpha value is -0.720. The number of halogens is 1. The van der Waals surface area contributed by atoms with Gasteiger partial charge < -0.3 is 5.32 Å². The number of nitrogens with one attached hydrogen (secondary N) is 1. The van der Waals surface area contributed by atoms with Crippen LogP contribution in [0.2, 0.25) is 0 Å². The van der Waals surface area contributed by atoms with Crippen LogP contribution in [0.5, 0.6) is 0 Å². The molecule has 0 saturated carbocycles. The number of hydrogen-bond acceptors (Lipinski definition) is 4. The zero-order chi connectivity index (χ0) is 12.3. The van der Waals surface area contributed by atoms with Gasteiger partial charge in [-0.1, -0.05) is 0 Å². The summed E-state index contributed by atoms with van der Waals surface area (Å²) in [6.45, 7) is 2.40. The first kappa shape index (κ1) is 12.7. The predicted octanol–water partition coefficient (Wildman–Crippen LogP) is 1.52. The molecule has 6 heteroatoms. The molecular formula is C11H13BrN2O2S. The highest BCUT2D eigenvalue weighted by Gasteiger charge is 2.18. The highest BCUT2D eigenvalue weighted by Crippen LogP contribution is 2.23. The molecule has 0 spiro atoms. The predicted molar refractivity (Wildman–Crippen MR) is 70.4 cm³/mol. The third kappa shape index (κ3) is 3.37. The first-order valence-corrected chi connectivity index (χ1v) is 7.09. The quantitative estimate of drug-likeness (QED) is 0.860. The monoisotopic (exact) mass is 316 g/mol.